The van der Waals surface area contributed by atoms with Crippen LogP contribution in [-0.4, -0.2) is 18.0 Å². The molecule has 0 aliphatic carbocycles. The van der Waals surface area contributed by atoms with Crippen LogP contribution in [0.2, 0.25) is 5.02 Å². The molecule has 0 aliphatic rings. The Balaban J connectivity index is 0.00000288. The Labute approximate surface area is 153 Å². The van der Waals surface area contributed by atoms with E-state index in [1.165, 1.54) is 0 Å². The zero-order chi connectivity index (χ0) is 16.9. The predicted molar refractivity (Wildman–Crippen MR) is 100 cm³/mol. The highest BCUT2D eigenvalue weighted by Gasteiger charge is 2.16. The first-order chi connectivity index (χ1) is 10.8. The van der Waals surface area contributed by atoms with Gasteiger partial charge in [0.1, 0.15) is 12.4 Å². The molecule has 6 heteroatoms. The van der Waals surface area contributed by atoms with Gasteiger partial charge in [-0.05, 0) is 43.7 Å². The van der Waals surface area contributed by atoms with Crippen molar-refractivity contribution in [3.05, 3.63) is 64.7 Å². The molecule has 0 atom stereocenters. The number of carbonyl (C=O) groups excluding carboxylic acids is 1. The number of hydrogen-bond acceptors (Lipinski definition) is 3. The molecule has 0 saturated heterocycles. The van der Waals surface area contributed by atoms with Gasteiger partial charge in [0.2, 0.25) is 0 Å². The molecule has 1 amide bonds. The highest BCUT2D eigenvalue weighted by atomic mass is 35.5. The molecule has 0 radical (unpaired) electrons. The lowest BCUT2D eigenvalue weighted by molar-refractivity contribution is 0.0941. The SMILES string of the molecule is CC(C)(N)CNC(=O)c1ccccc1OCc1ccc(Cl)cc1.Cl. The molecular formula is C18H22Cl2N2O2. The first-order valence-corrected chi connectivity index (χ1v) is 7.76. The third-order valence-corrected chi connectivity index (χ3v) is 3.40. The van der Waals surface area contributed by atoms with Crippen LogP contribution in [-0.2, 0) is 6.61 Å². The third-order valence-electron chi connectivity index (χ3n) is 3.14. The Morgan fingerprint density at radius 3 is 2.42 bits per heavy atom. The second-order valence-corrected chi connectivity index (χ2v) is 6.52. The fraction of sp³-hybridized carbons (Fsp3) is 0.278. The van der Waals surface area contributed by atoms with E-state index in [4.69, 9.17) is 22.1 Å². The molecule has 130 valence electrons. The van der Waals surface area contributed by atoms with Crippen molar-refractivity contribution in [2.24, 2.45) is 5.73 Å². The average molecular weight is 369 g/mol. The third kappa shape index (κ3) is 6.40. The zero-order valence-corrected chi connectivity index (χ0v) is 15.3. The second kappa shape index (κ2) is 8.92. The van der Waals surface area contributed by atoms with Gasteiger partial charge in [-0.2, -0.15) is 0 Å². The highest BCUT2D eigenvalue weighted by molar-refractivity contribution is 6.30. The van der Waals surface area contributed by atoms with Crippen LogP contribution in [0.25, 0.3) is 0 Å². The minimum Gasteiger partial charge on any atom is -0.488 e. The summed E-state index contributed by atoms with van der Waals surface area (Å²) in [5, 5.41) is 3.50. The Morgan fingerprint density at radius 1 is 1.17 bits per heavy atom. The van der Waals surface area contributed by atoms with E-state index in [0.29, 0.717) is 29.5 Å². The van der Waals surface area contributed by atoms with Crippen molar-refractivity contribution in [1.29, 1.82) is 0 Å². The number of halogens is 2. The van der Waals surface area contributed by atoms with Crippen molar-refractivity contribution < 1.29 is 9.53 Å². The van der Waals surface area contributed by atoms with E-state index >= 15 is 0 Å². The summed E-state index contributed by atoms with van der Waals surface area (Å²) in [4.78, 5) is 12.3. The summed E-state index contributed by atoms with van der Waals surface area (Å²) in [5.74, 6) is 0.338. The summed E-state index contributed by atoms with van der Waals surface area (Å²) >= 11 is 5.86. The number of para-hydroxylation sites is 1. The zero-order valence-electron chi connectivity index (χ0n) is 13.7. The molecule has 0 bridgehead atoms. The van der Waals surface area contributed by atoms with Crippen molar-refractivity contribution in [3.8, 4) is 5.75 Å². The van der Waals surface area contributed by atoms with Crippen LogP contribution in [0.1, 0.15) is 29.8 Å². The largest absolute Gasteiger partial charge is 0.488 e. The van der Waals surface area contributed by atoms with E-state index in [9.17, 15) is 4.79 Å². The highest BCUT2D eigenvalue weighted by Crippen LogP contribution is 2.20. The maximum Gasteiger partial charge on any atom is 0.255 e. The summed E-state index contributed by atoms with van der Waals surface area (Å²) in [6.45, 7) is 4.47. The molecule has 3 N–H and O–H groups in total. The van der Waals surface area contributed by atoms with E-state index < -0.39 is 5.54 Å². The van der Waals surface area contributed by atoms with Crippen LogP contribution in [0.5, 0.6) is 5.75 Å². The molecular weight excluding hydrogens is 347 g/mol. The Kier molecular flexibility index (Phi) is 7.55. The van der Waals surface area contributed by atoms with Crippen LogP contribution in [0, 0.1) is 0 Å². The van der Waals surface area contributed by atoms with Gasteiger partial charge in [0.05, 0.1) is 5.56 Å². The fourth-order valence-corrected chi connectivity index (χ4v) is 2.05. The van der Waals surface area contributed by atoms with E-state index in [1.807, 2.05) is 44.2 Å². The molecule has 0 aromatic heterocycles. The van der Waals surface area contributed by atoms with Crippen molar-refractivity contribution in [2.75, 3.05) is 6.54 Å². The minimum absolute atomic E-state index is 0. The van der Waals surface area contributed by atoms with Gasteiger partial charge in [-0.1, -0.05) is 35.9 Å². The topological polar surface area (TPSA) is 64.3 Å². The first kappa shape index (κ1) is 20.3. The molecule has 0 aliphatic heterocycles. The van der Waals surface area contributed by atoms with Crippen molar-refractivity contribution >= 4 is 29.9 Å². The maximum atomic E-state index is 12.3. The molecule has 0 saturated carbocycles. The van der Waals surface area contributed by atoms with E-state index in [2.05, 4.69) is 5.32 Å². The number of benzene rings is 2. The van der Waals surface area contributed by atoms with Gasteiger partial charge in [-0.25, -0.2) is 0 Å². The van der Waals surface area contributed by atoms with Crippen molar-refractivity contribution in [1.82, 2.24) is 5.32 Å². The lowest BCUT2D eigenvalue weighted by Crippen LogP contribution is -2.45. The Hall–Kier alpha value is -1.75. The van der Waals surface area contributed by atoms with Crippen LogP contribution in [0.3, 0.4) is 0 Å². The fourth-order valence-electron chi connectivity index (χ4n) is 1.93. The van der Waals surface area contributed by atoms with Crippen LogP contribution >= 0.6 is 24.0 Å². The molecule has 0 unspecified atom stereocenters. The Morgan fingerprint density at radius 2 is 1.79 bits per heavy atom. The first-order valence-electron chi connectivity index (χ1n) is 7.38. The summed E-state index contributed by atoms with van der Waals surface area (Å²) in [6, 6.07) is 14.5. The van der Waals surface area contributed by atoms with Gasteiger partial charge < -0.3 is 15.8 Å². The van der Waals surface area contributed by atoms with Gasteiger partial charge in [0.25, 0.3) is 5.91 Å². The van der Waals surface area contributed by atoms with E-state index in [-0.39, 0.29) is 18.3 Å². The summed E-state index contributed by atoms with van der Waals surface area (Å²) in [5.41, 5.74) is 6.90. The number of nitrogens with one attached hydrogen (secondary N) is 1. The number of ether oxygens (including phenoxy) is 1. The second-order valence-electron chi connectivity index (χ2n) is 6.08. The normalized spacial score (nSPS) is 10.7. The molecule has 0 spiro atoms. The summed E-state index contributed by atoms with van der Waals surface area (Å²) < 4.78 is 5.78. The van der Waals surface area contributed by atoms with Gasteiger partial charge in [0.15, 0.2) is 0 Å². The van der Waals surface area contributed by atoms with E-state index in [1.54, 1.807) is 18.2 Å². The summed E-state index contributed by atoms with van der Waals surface area (Å²) in [7, 11) is 0. The van der Waals surface area contributed by atoms with Crippen molar-refractivity contribution in [3.63, 3.8) is 0 Å². The summed E-state index contributed by atoms with van der Waals surface area (Å²) in [6.07, 6.45) is 0. The van der Waals surface area contributed by atoms with Gasteiger partial charge in [0, 0.05) is 17.1 Å². The lowest BCUT2D eigenvalue weighted by Gasteiger charge is -2.19. The quantitative estimate of drug-likeness (QED) is 0.814. The van der Waals surface area contributed by atoms with Gasteiger partial charge >= 0.3 is 0 Å². The number of carbonyl (C=O) groups is 1. The van der Waals surface area contributed by atoms with Gasteiger partial charge in [-0.3, -0.25) is 4.79 Å². The average Bonchev–Trinajstić information content (AvgIpc) is 2.52. The number of rotatable bonds is 6. The standard InChI is InChI=1S/C18H21ClN2O2.ClH/c1-18(2,20)12-21-17(22)15-5-3-4-6-16(15)23-11-13-7-9-14(19)10-8-13;/h3-10H,11-12,20H2,1-2H3,(H,21,22);1H. The molecule has 0 fully saturated rings. The lowest BCUT2D eigenvalue weighted by atomic mass is 10.1. The van der Waals surface area contributed by atoms with Crippen molar-refractivity contribution in [2.45, 2.75) is 26.0 Å². The molecule has 4 nitrogen and oxygen atoms in total. The van der Waals surface area contributed by atoms with E-state index in [0.717, 1.165) is 5.56 Å². The van der Waals surface area contributed by atoms with Gasteiger partial charge in [-0.15, -0.1) is 12.4 Å². The molecule has 2 rings (SSSR count). The smallest absolute Gasteiger partial charge is 0.255 e. The maximum absolute atomic E-state index is 12.3. The molecule has 24 heavy (non-hydrogen) atoms. The predicted octanol–water partition coefficient (Wildman–Crippen LogP) is 3.81. The minimum atomic E-state index is -0.464. The number of amides is 1. The molecule has 2 aromatic carbocycles. The Bertz CT molecular complexity index is 667. The van der Waals surface area contributed by atoms with Crippen LogP contribution < -0.4 is 15.8 Å². The van der Waals surface area contributed by atoms with Crippen LogP contribution in [0.4, 0.5) is 0 Å². The monoisotopic (exact) mass is 368 g/mol. The number of nitrogens with two attached hydrogens (primary N) is 1. The number of hydrogen-bond donors (Lipinski definition) is 2. The van der Waals surface area contributed by atoms with Crippen LogP contribution in [0.15, 0.2) is 48.5 Å². The molecule has 0 heterocycles. The molecule has 2 aromatic rings.